The van der Waals surface area contributed by atoms with Crippen LogP contribution in [0.3, 0.4) is 0 Å². The van der Waals surface area contributed by atoms with Crippen LogP contribution < -0.4 is 11.1 Å². The Morgan fingerprint density at radius 1 is 1.30 bits per heavy atom. The molecule has 2 amide bonds. The molecule has 3 N–H and O–H groups in total. The maximum atomic E-state index is 11.8. The van der Waals surface area contributed by atoms with Crippen LogP contribution in [0.1, 0.15) is 5.76 Å². The fourth-order valence-corrected chi connectivity index (χ4v) is 2.14. The smallest absolute Gasteiger partial charge is 0.239 e. The van der Waals surface area contributed by atoms with Crippen molar-refractivity contribution in [1.29, 1.82) is 0 Å². The van der Waals surface area contributed by atoms with E-state index >= 15 is 0 Å². The average Bonchev–Trinajstić information content (AvgIpc) is 2.76. The Bertz CT molecular complexity index is 479. The Labute approximate surface area is 116 Å². The molecule has 20 heavy (non-hydrogen) atoms. The lowest BCUT2D eigenvalue weighted by Crippen LogP contribution is -2.50. The summed E-state index contributed by atoms with van der Waals surface area (Å²) in [5, 5.41) is 6.39. The molecule has 110 valence electrons. The maximum absolute atomic E-state index is 11.8. The molecule has 2 rings (SSSR count). The third-order valence-corrected chi connectivity index (χ3v) is 3.11. The highest BCUT2D eigenvalue weighted by Gasteiger charge is 2.20. The van der Waals surface area contributed by atoms with Gasteiger partial charge in [-0.05, 0) is 6.92 Å². The van der Waals surface area contributed by atoms with Gasteiger partial charge in [0.25, 0.3) is 0 Å². The first-order chi connectivity index (χ1) is 9.52. The lowest BCUT2D eigenvalue weighted by molar-refractivity contribution is -0.121. The fourth-order valence-electron chi connectivity index (χ4n) is 2.14. The number of carbonyl (C=O) groups is 2. The number of nitrogens with one attached hydrogen (secondary N) is 1. The van der Waals surface area contributed by atoms with Gasteiger partial charge in [-0.1, -0.05) is 5.16 Å². The molecule has 0 saturated carbocycles. The lowest BCUT2D eigenvalue weighted by atomic mass is 10.3. The number of rotatable bonds is 5. The molecule has 2 heterocycles. The summed E-state index contributed by atoms with van der Waals surface area (Å²) in [6.07, 6.45) is 0. The summed E-state index contributed by atoms with van der Waals surface area (Å²) >= 11 is 0. The van der Waals surface area contributed by atoms with Crippen LogP contribution in [0.2, 0.25) is 0 Å². The van der Waals surface area contributed by atoms with Crippen LogP contribution in [0.25, 0.3) is 0 Å². The summed E-state index contributed by atoms with van der Waals surface area (Å²) in [7, 11) is 0. The maximum Gasteiger partial charge on any atom is 0.239 e. The topological polar surface area (TPSA) is 105 Å². The lowest BCUT2D eigenvalue weighted by Gasteiger charge is -2.33. The number of aryl methyl sites for hydroxylation is 1. The summed E-state index contributed by atoms with van der Waals surface area (Å²) < 4.78 is 4.88. The molecule has 8 nitrogen and oxygen atoms in total. The third-order valence-electron chi connectivity index (χ3n) is 3.11. The molecular weight excluding hydrogens is 262 g/mol. The Morgan fingerprint density at radius 3 is 2.40 bits per heavy atom. The second kappa shape index (κ2) is 6.49. The number of primary amides is 1. The summed E-state index contributed by atoms with van der Waals surface area (Å²) in [4.78, 5) is 26.7. The number of aromatic nitrogens is 1. The van der Waals surface area contributed by atoms with Crippen molar-refractivity contribution < 1.29 is 14.1 Å². The van der Waals surface area contributed by atoms with Crippen LogP contribution in [0.4, 0.5) is 5.82 Å². The number of anilines is 1. The van der Waals surface area contributed by atoms with Gasteiger partial charge in [-0.3, -0.25) is 19.4 Å². The highest BCUT2D eigenvalue weighted by molar-refractivity contribution is 5.91. The first-order valence-electron chi connectivity index (χ1n) is 6.49. The number of nitrogens with zero attached hydrogens (tertiary/aromatic N) is 3. The number of amides is 2. The van der Waals surface area contributed by atoms with Crippen molar-refractivity contribution in [3.8, 4) is 0 Å². The molecule has 1 aliphatic rings. The molecule has 0 radical (unpaired) electrons. The van der Waals surface area contributed by atoms with Gasteiger partial charge in [-0.2, -0.15) is 0 Å². The second-order valence-electron chi connectivity index (χ2n) is 4.89. The van der Waals surface area contributed by atoms with Crippen molar-refractivity contribution in [3.63, 3.8) is 0 Å². The normalized spacial score (nSPS) is 17.1. The van der Waals surface area contributed by atoms with Gasteiger partial charge in [0.1, 0.15) is 5.76 Å². The molecule has 0 aromatic carbocycles. The molecule has 1 fully saturated rings. The van der Waals surface area contributed by atoms with Crippen molar-refractivity contribution in [2.45, 2.75) is 6.92 Å². The summed E-state index contributed by atoms with van der Waals surface area (Å²) in [6, 6.07) is 1.67. The van der Waals surface area contributed by atoms with Crippen LogP contribution in [-0.2, 0) is 9.59 Å². The number of carbonyl (C=O) groups excluding carboxylic acids is 2. The number of nitrogens with two attached hydrogens (primary N) is 1. The Kier molecular flexibility index (Phi) is 4.70. The molecular formula is C12H19N5O3. The van der Waals surface area contributed by atoms with Gasteiger partial charge in [0.15, 0.2) is 5.82 Å². The molecule has 8 heteroatoms. The molecule has 1 aromatic rings. The molecule has 0 unspecified atom stereocenters. The number of hydrogen-bond acceptors (Lipinski definition) is 6. The Morgan fingerprint density at radius 2 is 1.90 bits per heavy atom. The minimum atomic E-state index is -0.322. The van der Waals surface area contributed by atoms with Gasteiger partial charge in [-0.15, -0.1) is 0 Å². The third kappa shape index (κ3) is 4.32. The standard InChI is InChI=1S/C12H19N5O3/c1-9-6-11(15-20-9)14-12(19)8-17-4-2-16(3-5-17)7-10(13)18/h6H,2-5,7-8H2,1H3,(H2,13,18)(H,14,15,19). The van der Waals surface area contributed by atoms with E-state index in [1.165, 1.54) is 0 Å². The predicted octanol–water partition coefficient (Wildman–Crippen LogP) is -0.976. The minimum Gasteiger partial charge on any atom is -0.369 e. The van der Waals surface area contributed by atoms with Gasteiger partial charge in [0.05, 0.1) is 13.1 Å². The molecule has 1 saturated heterocycles. The highest BCUT2D eigenvalue weighted by Crippen LogP contribution is 2.07. The van der Waals surface area contributed by atoms with Crippen molar-refractivity contribution in [2.24, 2.45) is 5.73 Å². The van der Waals surface area contributed by atoms with Gasteiger partial charge in [-0.25, -0.2) is 0 Å². The van der Waals surface area contributed by atoms with E-state index < -0.39 is 0 Å². The Hall–Kier alpha value is -1.93. The molecule has 0 spiro atoms. The zero-order valence-corrected chi connectivity index (χ0v) is 11.5. The first kappa shape index (κ1) is 14.5. The van der Waals surface area contributed by atoms with Crippen LogP contribution in [0.5, 0.6) is 0 Å². The number of hydrogen-bond donors (Lipinski definition) is 2. The van der Waals surface area contributed by atoms with Crippen LogP contribution in [-0.4, -0.2) is 66.0 Å². The van der Waals surface area contributed by atoms with Crippen LogP contribution in [0.15, 0.2) is 10.6 Å². The van der Waals surface area contributed by atoms with Crippen molar-refractivity contribution >= 4 is 17.6 Å². The van der Waals surface area contributed by atoms with E-state index in [4.69, 9.17) is 10.3 Å². The van der Waals surface area contributed by atoms with Gasteiger partial charge in [0.2, 0.25) is 11.8 Å². The van der Waals surface area contributed by atoms with Crippen molar-refractivity contribution in [2.75, 3.05) is 44.6 Å². The Balaban J connectivity index is 1.72. The zero-order chi connectivity index (χ0) is 14.5. The molecule has 1 aromatic heterocycles. The minimum absolute atomic E-state index is 0.123. The quantitative estimate of drug-likeness (QED) is 0.719. The highest BCUT2D eigenvalue weighted by atomic mass is 16.5. The largest absolute Gasteiger partial charge is 0.369 e. The summed E-state index contributed by atoms with van der Waals surface area (Å²) in [5.74, 6) is 0.638. The van der Waals surface area contributed by atoms with E-state index in [1.807, 2.05) is 9.80 Å². The molecule has 0 atom stereocenters. The molecule has 0 aliphatic carbocycles. The van der Waals surface area contributed by atoms with E-state index in [9.17, 15) is 9.59 Å². The monoisotopic (exact) mass is 281 g/mol. The van der Waals surface area contributed by atoms with E-state index in [2.05, 4.69) is 10.5 Å². The van der Waals surface area contributed by atoms with Gasteiger partial charge >= 0.3 is 0 Å². The fraction of sp³-hybridized carbons (Fsp3) is 0.583. The van der Waals surface area contributed by atoms with Crippen molar-refractivity contribution in [3.05, 3.63) is 11.8 Å². The SMILES string of the molecule is Cc1cc(NC(=O)CN2CCN(CC(N)=O)CC2)no1. The molecule has 1 aliphatic heterocycles. The molecule has 0 bridgehead atoms. The van der Waals surface area contributed by atoms with E-state index in [1.54, 1.807) is 13.0 Å². The van der Waals surface area contributed by atoms with E-state index in [0.29, 0.717) is 18.1 Å². The second-order valence-corrected chi connectivity index (χ2v) is 4.89. The van der Waals surface area contributed by atoms with Gasteiger partial charge in [0, 0.05) is 32.2 Å². The summed E-state index contributed by atoms with van der Waals surface area (Å²) in [6.45, 7) is 5.28. The zero-order valence-electron chi connectivity index (χ0n) is 11.5. The number of piperazine rings is 1. The van der Waals surface area contributed by atoms with Crippen LogP contribution in [0, 0.1) is 6.92 Å². The van der Waals surface area contributed by atoms with Crippen LogP contribution >= 0.6 is 0 Å². The summed E-state index contributed by atoms with van der Waals surface area (Å²) in [5.41, 5.74) is 5.15. The van der Waals surface area contributed by atoms with E-state index in [0.717, 1.165) is 26.2 Å². The average molecular weight is 281 g/mol. The van der Waals surface area contributed by atoms with Gasteiger partial charge < -0.3 is 15.6 Å². The first-order valence-corrected chi connectivity index (χ1v) is 6.49. The predicted molar refractivity (Wildman–Crippen MR) is 71.9 cm³/mol. The van der Waals surface area contributed by atoms with Crippen molar-refractivity contribution in [1.82, 2.24) is 15.0 Å². The van der Waals surface area contributed by atoms with E-state index in [-0.39, 0.29) is 18.4 Å².